The summed E-state index contributed by atoms with van der Waals surface area (Å²) >= 11 is 0. The lowest BCUT2D eigenvalue weighted by Gasteiger charge is -2.10. The van der Waals surface area contributed by atoms with Crippen LogP contribution in [-0.4, -0.2) is 36.8 Å². The van der Waals surface area contributed by atoms with E-state index in [1.165, 1.54) is 0 Å². The van der Waals surface area contributed by atoms with Crippen LogP contribution in [0.25, 0.3) is 0 Å². The second kappa shape index (κ2) is 6.02. The normalized spacial score (nSPS) is 11.5. The fourth-order valence-electron chi connectivity index (χ4n) is 1.82. The molecule has 0 aliphatic heterocycles. The first-order chi connectivity index (χ1) is 9.54. The van der Waals surface area contributed by atoms with Crippen molar-refractivity contribution in [2.45, 2.75) is 11.3 Å². The lowest BCUT2D eigenvalue weighted by Crippen LogP contribution is -2.27. The average molecular weight is 295 g/mol. The van der Waals surface area contributed by atoms with Crippen LogP contribution in [0.5, 0.6) is 0 Å². The molecule has 1 heterocycles. The van der Waals surface area contributed by atoms with Gasteiger partial charge in [-0.3, -0.25) is 0 Å². The third-order valence-corrected chi connectivity index (χ3v) is 4.41. The molecule has 2 N–H and O–H groups in total. The maximum atomic E-state index is 12.2. The molecule has 20 heavy (non-hydrogen) atoms. The van der Waals surface area contributed by atoms with Gasteiger partial charge in [-0.25, -0.2) is 13.1 Å². The molecule has 0 fully saturated rings. The largest absolute Gasteiger partial charge is 0.387 e. The number of aromatic nitrogens is 3. The van der Waals surface area contributed by atoms with Gasteiger partial charge in [-0.1, -0.05) is 12.1 Å². The molecule has 0 aliphatic rings. The van der Waals surface area contributed by atoms with Crippen LogP contribution in [0.15, 0.2) is 35.5 Å². The molecule has 8 heteroatoms. The Bertz CT molecular complexity index is 681. The van der Waals surface area contributed by atoms with Gasteiger partial charge in [-0.2, -0.15) is 0 Å². The average Bonchev–Trinajstić information content (AvgIpc) is 2.84. The Morgan fingerprint density at radius 2 is 2.05 bits per heavy atom. The molecular formula is C12H17N5O2S. The Balaban J connectivity index is 2.06. The minimum Gasteiger partial charge on any atom is -0.387 e. The number of para-hydroxylation sites is 1. The number of nitrogens with one attached hydrogen (secondary N) is 2. The van der Waals surface area contributed by atoms with Crippen molar-refractivity contribution in [3.8, 4) is 0 Å². The molecule has 0 saturated heterocycles. The van der Waals surface area contributed by atoms with Gasteiger partial charge in [0, 0.05) is 27.1 Å². The maximum absolute atomic E-state index is 12.2. The van der Waals surface area contributed by atoms with Crippen molar-refractivity contribution in [3.63, 3.8) is 0 Å². The minimum atomic E-state index is -3.54. The Hall–Kier alpha value is -1.93. The van der Waals surface area contributed by atoms with Crippen LogP contribution in [0.4, 0.5) is 5.69 Å². The van der Waals surface area contributed by atoms with E-state index in [1.807, 2.05) is 7.05 Å². The molecule has 2 aromatic rings. The Morgan fingerprint density at radius 3 is 2.70 bits per heavy atom. The van der Waals surface area contributed by atoms with Crippen LogP contribution in [0.3, 0.4) is 0 Å². The highest BCUT2D eigenvalue weighted by atomic mass is 32.2. The van der Waals surface area contributed by atoms with Gasteiger partial charge in [-0.15, -0.1) is 10.2 Å². The highest BCUT2D eigenvalue weighted by Gasteiger charge is 2.17. The van der Waals surface area contributed by atoms with E-state index >= 15 is 0 Å². The van der Waals surface area contributed by atoms with Gasteiger partial charge in [0.1, 0.15) is 17.0 Å². The third-order valence-electron chi connectivity index (χ3n) is 2.89. The van der Waals surface area contributed by atoms with Gasteiger partial charge < -0.3 is 9.88 Å². The molecule has 0 atom stereocenters. The molecule has 1 aromatic heterocycles. The zero-order valence-corrected chi connectivity index (χ0v) is 12.2. The molecular weight excluding hydrogens is 278 g/mol. The van der Waals surface area contributed by atoms with Gasteiger partial charge >= 0.3 is 0 Å². The summed E-state index contributed by atoms with van der Waals surface area (Å²) in [4.78, 5) is 0.237. The number of aryl methyl sites for hydroxylation is 1. The molecule has 2 rings (SSSR count). The van der Waals surface area contributed by atoms with Crippen molar-refractivity contribution in [1.82, 2.24) is 19.5 Å². The van der Waals surface area contributed by atoms with Crippen molar-refractivity contribution >= 4 is 15.7 Å². The second-order valence-electron chi connectivity index (χ2n) is 4.25. The molecule has 0 amide bonds. The van der Waals surface area contributed by atoms with Crippen molar-refractivity contribution in [2.24, 2.45) is 7.05 Å². The first-order valence-electron chi connectivity index (χ1n) is 6.14. The summed E-state index contributed by atoms with van der Waals surface area (Å²) in [7, 11) is -0.0311. The molecule has 0 saturated carbocycles. The molecule has 108 valence electrons. The van der Waals surface area contributed by atoms with Gasteiger partial charge in [0.15, 0.2) is 0 Å². The lowest BCUT2D eigenvalue weighted by atomic mass is 10.3. The van der Waals surface area contributed by atoms with E-state index in [0.29, 0.717) is 12.1 Å². The summed E-state index contributed by atoms with van der Waals surface area (Å²) in [6, 6.07) is 6.76. The van der Waals surface area contributed by atoms with Crippen LogP contribution in [0, 0.1) is 0 Å². The summed E-state index contributed by atoms with van der Waals surface area (Å²) in [6.07, 6.45) is 2.07. The smallest absolute Gasteiger partial charge is 0.242 e. The van der Waals surface area contributed by atoms with E-state index in [9.17, 15) is 8.42 Å². The van der Waals surface area contributed by atoms with Gasteiger partial charge in [-0.05, 0) is 12.1 Å². The molecule has 0 bridgehead atoms. The topological polar surface area (TPSA) is 88.9 Å². The summed E-state index contributed by atoms with van der Waals surface area (Å²) in [5.74, 6) is 0.731. The van der Waals surface area contributed by atoms with Crippen molar-refractivity contribution < 1.29 is 8.42 Å². The fourth-order valence-corrected chi connectivity index (χ4v) is 3.06. The highest BCUT2D eigenvalue weighted by Crippen LogP contribution is 2.19. The predicted molar refractivity (Wildman–Crippen MR) is 75.9 cm³/mol. The van der Waals surface area contributed by atoms with Crippen LogP contribution in [0.2, 0.25) is 0 Å². The van der Waals surface area contributed by atoms with Crippen LogP contribution in [-0.2, 0) is 23.5 Å². The van der Waals surface area contributed by atoms with E-state index in [-0.39, 0.29) is 11.4 Å². The zero-order chi connectivity index (χ0) is 14.6. The standard InChI is InChI=1S/C12H17N5O2S/c1-13-10-5-3-4-6-11(10)20(18,19)15-8-7-12-16-14-9-17(12)2/h3-6,9,13,15H,7-8H2,1-2H3. The predicted octanol–water partition coefficient (Wildman–Crippen LogP) is 0.378. The van der Waals surface area contributed by atoms with E-state index in [0.717, 1.165) is 5.82 Å². The number of rotatable bonds is 6. The maximum Gasteiger partial charge on any atom is 0.242 e. The van der Waals surface area contributed by atoms with E-state index in [2.05, 4.69) is 20.2 Å². The quantitative estimate of drug-likeness (QED) is 0.804. The zero-order valence-electron chi connectivity index (χ0n) is 11.4. The van der Waals surface area contributed by atoms with E-state index in [4.69, 9.17) is 0 Å². The number of benzene rings is 1. The number of nitrogens with zero attached hydrogens (tertiary/aromatic N) is 3. The summed E-state index contributed by atoms with van der Waals surface area (Å²) in [5, 5.41) is 10.5. The molecule has 0 spiro atoms. The molecule has 7 nitrogen and oxygen atoms in total. The summed E-state index contributed by atoms with van der Waals surface area (Å²) < 4.78 is 28.8. The van der Waals surface area contributed by atoms with Crippen molar-refractivity contribution in [1.29, 1.82) is 0 Å². The molecule has 0 radical (unpaired) electrons. The van der Waals surface area contributed by atoms with E-state index in [1.54, 1.807) is 42.2 Å². The van der Waals surface area contributed by atoms with Gasteiger partial charge in [0.2, 0.25) is 10.0 Å². The first-order valence-corrected chi connectivity index (χ1v) is 7.62. The van der Waals surface area contributed by atoms with Crippen molar-refractivity contribution in [2.75, 3.05) is 18.9 Å². The fraction of sp³-hybridized carbons (Fsp3) is 0.333. The van der Waals surface area contributed by atoms with Crippen molar-refractivity contribution in [3.05, 3.63) is 36.4 Å². The second-order valence-corrected chi connectivity index (χ2v) is 5.99. The Morgan fingerprint density at radius 1 is 1.30 bits per heavy atom. The van der Waals surface area contributed by atoms with E-state index < -0.39 is 10.0 Å². The summed E-state index contributed by atoms with van der Waals surface area (Å²) in [5.41, 5.74) is 0.568. The number of hydrogen-bond acceptors (Lipinski definition) is 5. The van der Waals surface area contributed by atoms with Gasteiger partial charge in [0.05, 0.1) is 5.69 Å². The Labute approximate surface area is 118 Å². The molecule has 0 aliphatic carbocycles. The number of hydrogen-bond donors (Lipinski definition) is 2. The first kappa shape index (κ1) is 14.5. The SMILES string of the molecule is CNc1ccccc1S(=O)(=O)NCCc1nncn1C. The Kier molecular flexibility index (Phi) is 4.35. The lowest BCUT2D eigenvalue weighted by molar-refractivity contribution is 0.580. The monoisotopic (exact) mass is 295 g/mol. The minimum absolute atomic E-state index is 0.237. The highest BCUT2D eigenvalue weighted by molar-refractivity contribution is 7.89. The van der Waals surface area contributed by atoms with Gasteiger partial charge in [0.25, 0.3) is 0 Å². The van der Waals surface area contributed by atoms with Crippen LogP contribution in [0.1, 0.15) is 5.82 Å². The number of anilines is 1. The molecule has 1 aromatic carbocycles. The van der Waals surface area contributed by atoms with Crippen LogP contribution >= 0.6 is 0 Å². The molecule has 0 unspecified atom stereocenters. The van der Waals surface area contributed by atoms with Crippen LogP contribution < -0.4 is 10.0 Å². The third kappa shape index (κ3) is 3.14. The summed E-state index contributed by atoms with van der Waals surface area (Å²) in [6.45, 7) is 0.271. The number of sulfonamides is 1.